The zero-order valence-electron chi connectivity index (χ0n) is 21.8. The summed E-state index contributed by atoms with van der Waals surface area (Å²) in [6, 6.07) is 19.5. The van der Waals surface area contributed by atoms with Crippen molar-refractivity contribution >= 4 is 18.0 Å². The lowest BCUT2D eigenvalue weighted by Crippen LogP contribution is -2.61. The molecule has 2 aromatic carbocycles. The number of carbonyl (C=O) groups is 3. The zero-order valence-corrected chi connectivity index (χ0v) is 21.8. The van der Waals surface area contributed by atoms with E-state index in [1.165, 1.54) is 7.11 Å². The van der Waals surface area contributed by atoms with E-state index in [0.29, 0.717) is 32.8 Å². The van der Waals surface area contributed by atoms with Crippen LogP contribution in [-0.4, -0.2) is 91.7 Å². The number of hydrogen-bond donors (Lipinski definition) is 0. The Morgan fingerprint density at radius 2 is 1.49 bits per heavy atom. The highest BCUT2D eigenvalue weighted by atomic mass is 16.5. The molecule has 2 fully saturated rings. The van der Waals surface area contributed by atoms with Crippen molar-refractivity contribution in [2.45, 2.75) is 31.7 Å². The molecule has 0 bridgehead atoms. The first-order chi connectivity index (χ1) is 18.0. The van der Waals surface area contributed by atoms with Crippen LogP contribution in [0, 0.1) is 5.92 Å². The van der Waals surface area contributed by atoms with Gasteiger partial charge >= 0.3 is 12.1 Å². The van der Waals surface area contributed by atoms with Gasteiger partial charge in [-0.2, -0.15) is 0 Å². The molecule has 0 saturated carbocycles. The van der Waals surface area contributed by atoms with Gasteiger partial charge in [0, 0.05) is 26.2 Å². The normalized spacial score (nSPS) is 19.1. The first-order valence-electron chi connectivity index (χ1n) is 13.1. The maximum absolute atomic E-state index is 14.2. The lowest BCUT2D eigenvalue weighted by Gasteiger charge is -2.44. The molecule has 0 N–H and O–H groups in total. The van der Waals surface area contributed by atoms with E-state index >= 15 is 0 Å². The standard InChI is InChI=1S/C29H37N3O5/c1-3-37-28(34)24-14-16-30(17-15-24)20-25-21-31(29(35)36-2)18-19-32(25)27(33)26(22-10-6-4-7-11-22)23-12-8-5-9-13-23/h4-13,24-26H,3,14-21H2,1-2H3. The average molecular weight is 508 g/mol. The number of piperazine rings is 1. The number of benzene rings is 2. The summed E-state index contributed by atoms with van der Waals surface area (Å²) in [6.45, 7) is 5.63. The van der Waals surface area contributed by atoms with E-state index in [1.54, 1.807) is 4.90 Å². The highest BCUT2D eigenvalue weighted by Gasteiger charge is 2.38. The first kappa shape index (κ1) is 26.7. The number of rotatable bonds is 7. The third kappa shape index (κ3) is 6.49. The van der Waals surface area contributed by atoms with Gasteiger partial charge in [-0.1, -0.05) is 60.7 Å². The molecule has 8 nitrogen and oxygen atoms in total. The van der Waals surface area contributed by atoms with Crippen molar-refractivity contribution in [2.24, 2.45) is 5.92 Å². The van der Waals surface area contributed by atoms with Gasteiger partial charge in [0.1, 0.15) is 0 Å². The summed E-state index contributed by atoms with van der Waals surface area (Å²) < 4.78 is 10.2. The second-order valence-electron chi connectivity index (χ2n) is 9.68. The van der Waals surface area contributed by atoms with Gasteiger partial charge in [-0.3, -0.25) is 9.59 Å². The van der Waals surface area contributed by atoms with Crippen LogP contribution in [0.25, 0.3) is 0 Å². The van der Waals surface area contributed by atoms with Gasteiger partial charge in [-0.15, -0.1) is 0 Å². The predicted octanol–water partition coefficient (Wildman–Crippen LogP) is 3.37. The molecule has 198 valence electrons. The molecule has 2 heterocycles. The molecule has 0 aromatic heterocycles. The molecule has 2 amide bonds. The van der Waals surface area contributed by atoms with Crippen molar-refractivity contribution in [3.05, 3.63) is 71.8 Å². The van der Waals surface area contributed by atoms with E-state index < -0.39 is 5.92 Å². The van der Waals surface area contributed by atoms with Gasteiger partial charge in [0.2, 0.25) is 5.91 Å². The average Bonchev–Trinajstić information content (AvgIpc) is 2.94. The molecule has 0 radical (unpaired) electrons. The van der Waals surface area contributed by atoms with Crippen molar-refractivity contribution in [3.63, 3.8) is 0 Å². The van der Waals surface area contributed by atoms with Crippen molar-refractivity contribution < 1.29 is 23.9 Å². The SMILES string of the molecule is CCOC(=O)C1CCN(CC2CN(C(=O)OC)CCN2C(=O)C(c2ccccc2)c2ccccc2)CC1. The maximum Gasteiger partial charge on any atom is 0.409 e. The molecule has 2 aliphatic rings. The molecule has 37 heavy (non-hydrogen) atoms. The number of hydrogen-bond acceptors (Lipinski definition) is 6. The number of esters is 1. The van der Waals surface area contributed by atoms with Crippen LogP contribution in [0.15, 0.2) is 60.7 Å². The summed E-state index contributed by atoms with van der Waals surface area (Å²) in [5.41, 5.74) is 1.89. The van der Waals surface area contributed by atoms with Crippen molar-refractivity contribution in [2.75, 3.05) is 53.0 Å². The number of likely N-dealkylation sites (tertiary alicyclic amines) is 1. The summed E-state index contributed by atoms with van der Waals surface area (Å²) in [5.74, 6) is -0.591. The van der Waals surface area contributed by atoms with Gasteiger partial charge in [-0.05, 0) is 44.0 Å². The quantitative estimate of drug-likeness (QED) is 0.535. The van der Waals surface area contributed by atoms with E-state index in [1.807, 2.05) is 72.5 Å². The molecular weight excluding hydrogens is 470 g/mol. The lowest BCUT2D eigenvalue weighted by molar-refractivity contribution is -0.149. The van der Waals surface area contributed by atoms with E-state index in [4.69, 9.17) is 9.47 Å². The fourth-order valence-electron chi connectivity index (χ4n) is 5.44. The molecule has 1 unspecified atom stereocenters. The Balaban J connectivity index is 1.54. The van der Waals surface area contributed by atoms with Crippen LogP contribution in [0.3, 0.4) is 0 Å². The van der Waals surface area contributed by atoms with Crippen LogP contribution in [-0.2, 0) is 19.1 Å². The topological polar surface area (TPSA) is 79.4 Å². The molecule has 4 rings (SSSR count). The molecule has 8 heteroatoms. The Morgan fingerprint density at radius 1 is 0.892 bits per heavy atom. The minimum absolute atomic E-state index is 0.0355. The van der Waals surface area contributed by atoms with Crippen molar-refractivity contribution in [1.29, 1.82) is 0 Å². The van der Waals surface area contributed by atoms with Crippen LogP contribution in [0.2, 0.25) is 0 Å². The highest BCUT2D eigenvalue weighted by molar-refractivity contribution is 5.88. The minimum atomic E-state index is -0.427. The Bertz CT molecular complexity index is 1000. The smallest absolute Gasteiger partial charge is 0.409 e. The fourth-order valence-corrected chi connectivity index (χ4v) is 5.44. The van der Waals surface area contributed by atoms with Crippen molar-refractivity contribution in [1.82, 2.24) is 14.7 Å². The summed E-state index contributed by atoms with van der Waals surface area (Å²) in [7, 11) is 1.38. The minimum Gasteiger partial charge on any atom is -0.466 e. The predicted molar refractivity (Wildman–Crippen MR) is 140 cm³/mol. The molecule has 0 spiro atoms. The van der Waals surface area contributed by atoms with E-state index in [2.05, 4.69) is 4.90 Å². The van der Waals surface area contributed by atoms with E-state index in [-0.39, 0.29) is 29.9 Å². The van der Waals surface area contributed by atoms with Crippen LogP contribution >= 0.6 is 0 Å². The molecule has 2 saturated heterocycles. The molecule has 1 atom stereocenters. The fraction of sp³-hybridized carbons (Fsp3) is 0.483. The second kappa shape index (κ2) is 12.7. The Labute approximate surface area is 219 Å². The summed E-state index contributed by atoms with van der Waals surface area (Å²) >= 11 is 0. The van der Waals surface area contributed by atoms with Gasteiger partial charge in [0.05, 0.1) is 31.6 Å². The largest absolute Gasteiger partial charge is 0.466 e. The maximum atomic E-state index is 14.2. The molecule has 2 aliphatic heterocycles. The van der Waals surface area contributed by atoms with Gasteiger partial charge in [0.15, 0.2) is 0 Å². The summed E-state index contributed by atoms with van der Waals surface area (Å²) in [5, 5.41) is 0. The summed E-state index contributed by atoms with van der Waals surface area (Å²) in [6.07, 6.45) is 1.09. The lowest BCUT2D eigenvalue weighted by atomic mass is 9.89. The third-order valence-corrected chi connectivity index (χ3v) is 7.39. The second-order valence-corrected chi connectivity index (χ2v) is 9.68. The summed E-state index contributed by atoms with van der Waals surface area (Å²) in [4.78, 5) is 44.7. The van der Waals surface area contributed by atoms with Gasteiger partial charge < -0.3 is 24.2 Å². The van der Waals surface area contributed by atoms with Gasteiger partial charge in [0.25, 0.3) is 0 Å². The monoisotopic (exact) mass is 507 g/mol. The van der Waals surface area contributed by atoms with E-state index in [0.717, 1.165) is 37.1 Å². The first-order valence-corrected chi connectivity index (χ1v) is 13.1. The number of ether oxygens (including phenoxy) is 2. The Hall–Kier alpha value is -3.39. The van der Waals surface area contributed by atoms with Crippen LogP contribution in [0.5, 0.6) is 0 Å². The van der Waals surface area contributed by atoms with Crippen LogP contribution in [0.1, 0.15) is 36.8 Å². The molecular formula is C29H37N3O5. The van der Waals surface area contributed by atoms with Crippen molar-refractivity contribution in [3.8, 4) is 0 Å². The molecule has 2 aromatic rings. The third-order valence-electron chi connectivity index (χ3n) is 7.39. The number of amides is 2. The number of methoxy groups -OCH3 is 1. The number of nitrogens with zero attached hydrogens (tertiary/aromatic N) is 3. The Kier molecular flexibility index (Phi) is 9.17. The van der Waals surface area contributed by atoms with Gasteiger partial charge in [-0.25, -0.2) is 4.79 Å². The van der Waals surface area contributed by atoms with Crippen LogP contribution in [0.4, 0.5) is 4.79 Å². The highest BCUT2D eigenvalue weighted by Crippen LogP contribution is 2.29. The number of piperidine rings is 1. The van der Waals surface area contributed by atoms with Crippen LogP contribution < -0.4 is 0 Å². The molecule has 0 aliphatic carbocycles. The zero-order chi connectivity index (χ0) is 26.2. The Morgan fingerprint density at radius 3 is 2.03 bits per heavy atom. The number of carbonyl (C=O) groups excluding carboxylic acids is 3. The van der Waals surface area contributed by atoms with E-state index in [9.17, 15) is 14.4 Å².